The van der Waals surface area contributed by atoms with E-state index >= 15 is 0 Å². The van der Waals surface area contributed by atoms with Gasteiger partial charge < -0.3 is 15.5 Å². The van der Waals surface area contributed by atoms with Crippen molar-refractivity contribution < 1.29 is 14.5 Å². The third kappa shape index (κ3) is 6.22. The Kier molecular flexibility index (Phi) is 7.92. The van der Waals surface area contributed by atoms with E-state index in [0.29, 0.717) is 29.6 Å². The Labute approximate surface area is 198 Å². The van der Waals surface area contributed by atoms with Crippen molar-refractivity contribution in [3.63, 3.8) is 0 Å². The zero-order valence-electron chi connectivity index (χ0n) is 19.1. The lowest BCUT2D eigenvalue weighted by molar-refractivity contribution is -0.384. The standard InChI is InChI=1S/C24H29ClN4O4/c1-15(2)14-26-24(31)19-13-18(5-7-21(19)28-10-8-16(3)9-11-28)27-23(30)17-4-6-20(25)22(12-17)29(32)33/h4-7,12-13,15-16H,8-11,14H2,1-3H3,(H,26,31)(H,27,30). The molecule has 0 radical (unpaired) electrons. The topological polar surface area (TPSA) is 105 Å². The van der Waals surface area contributed by atoms with Crippen LogP contribution in [-0.2, 0) is 0 Å². The van der Waals surface area contributed by atoms with Crippen molar-refractivity contribution in [3.05, 3.63) is 62.7 Å². The molecule has 0 unspecified atom stereocenters. The highest BCUT2D eigenvalue weighted by molar-refractivity contribution is 6.32. The number of anilines is 2. The fraction of sp³-hybridized carbons (Fsp3) is 0.417. The van der Waals surface area contributed by atoms with E-state index < -0.39 is 10.8 Å². The Balaban J connectivity index is 1.87. The normalized spacial score (nSPS) is 14.3. The average Bonchev–Trinajstić information content (AvgIpc) is 2.78. The molecule has 0 aliphatic carbocycles. The van der Waals surface area contributed by atoms with Crippen LogP contribution in [0.3, 0.4) is 0 Å². The second-order valence-electron chi connectivity index (χ2n) is 8.88. The fourth-order valence-electron chi connectivity index (χ4n) is 3.71. The van der Waals surface area contributed by atoms with Gasteiger partial charge in [0, 0.05) is 42.6 Å². The quantitative estimate of drug-likeness (QED) is 0.429. The number of amides is 2. The van der Waals surface area contributed by atoms with Crippen LogP contribution in [0.25, 0.3) is 0 Å². The number of rotatable bonds is 7. The van der Waals surface area contributed by atoms with E-state index in [0.717, 1.165) is 37.7 Å². The molecule has 1 saturated heterocycles. The Morgan fingerprint density at radius 1 is 1.15 bits per heavy atom. The lowest BCUT2D eigenvalue weighted by atomic mass is 9.97. The largest absolute Gasteiger partial charge is 0.371 e. The van der Waals surface area contributed by atoms with E-state index in [1.165, 1.54) is 12.1 Å². The van der Waals surface area contributed by atoms with Gasteiger partial charge in [-0.25, -0.2) is 0 Å². The first kappa shape index (κ1) is 24.5. The second kappa shape index (κ2) is 10.7. The van der Waals surface area contributed by atoms with E-state index in [-0.39, 0.29) is 22.2 Å². The van der Waals surface area contributed by atoms with Crippen LogP contribution in [0.2, 0.25) is 5.02 Å². The highest BCUT2D eigenvalue weighted by Gasteiger charge is 2.22. The van der Waals surface area contributed by atoms with Crippen molar-refractivity contribution in [2.75, 3.05) is 29.9 Å². The highest BCUT2D eigenvalue weighted by Crippen LogP contribution is 2.30. The molecule has 2 N–H and O–H groups in total. The molecule has 0 saturated carbocycles. The number of carbonyl (C=O) groups is 2. The summed E-state index contributed by atoms with van der Waals surface area (Å²) in [5.74, 6) is 0.233. The van der Waals surface area contributed by atoms with Crippen LogP contribution in [-0.4, -0.2) is 36.4 Å². The predicted molar refractivity (Wildman–Crippen MR) is 130 cm³/mol. The molecular weight excluding hydrogens is 444 g/mol. The van der Waals surface area contributed by atoms with Crippen molar-refractivity contribution in [2.45, 2.75) is 33.6 Å². The maximum Gasteiger partial charge on any atom is 0.288 e. The SMILES string of the molecule is CC(C)CNC(=O)c1cc(NC(=O)c2ccc(Cl)c([N+](=O)[O-])c2)ccc1N1CCC(C)CC1. The summed E-state index contributed by atoms with van der Waals surface area (Å²) >= 11 is 5.84. The molecule has 2 amide bonds. The number of hydrogen-bond donors (Lipinski definition) is 2. The molecule has 0 atom stereocenters. The van der Waals surface area contributed by atoms with Crippen LogP contribution in [0, 0.1) is 22.0 Å². The summed E-state index contributed by atoms with van der Waals surface area (Å²) in [6.07, 6.45) is 2.11. The van der Waals surface area contributed by atoms with Gasteiger partial charge in [0.2, 0.25) is 0 Å². The number of nitro benzene ring substituents is 1. The van der Waals surface area contributed by atoms with Gasteiger partial charge in [-0.15, -0.1) is 0 Å². The minimum Gasteiger partial charge on any atom is -0.371 e. The third-order valence-electron chi connectivity index (χ3n) is 5.70. The van der Waals surface area contributed by atoms with Gasteiger partial charge in [0.25, 0.3) is 17.5 Å². The number of hydrogen-bond acceptors (Lipinski definition) is 5. The summed E-state index contributed by atoms with van der Waals surface area (Å²) in [7, 11) is 0. The van der Waals surface area contributed by atoms with Gasteiger partial charge in [0.05, 0.1) is 10.5 Å². The van der Waals surface area contributed by atoms with Crippen molar-refractivity contribution in [1.29, 1.82) is 0 Å². The molecule has 3 rings (SSSR count). The molecule has 0 aromatic heterocycles. The van der Waals surface area contributed by atoms with Crippen molar-refractivity contribution in [1.82, 2.24) is 5.32 Å². The molecule has 1 fully saturated rings. The molecule has 2 aromatic carbocycles. The third-order valence-corrected chi connectivity index (χ3v) is 6.02. The average molecular weight is 473 g/mol. The van der Waals surface area contributed by atoms with Crippen LogP contribution in [0.4, 0.5) is 17.1 Å². The second-order valence-corrected chi connectivity index (χ2v) is 9.29. The number of carbonyl (C=O) groups excluding carboxylic acids is 2. The molecule has 8 nitrogen and oxygen atoms in total. The number of nitrogens with one attached hydrogen (secondary N) is 2. The molecule has 1 heterocycles. The minimum absolute atomic E-state index is 0.0409. The number of benzene rings is 2. The summed E-state index contributed by atoms with van der Waals surface area (Å²) in [6.45, 7) is 8.55. The van der Waals surface area contributed by atoms with Crippen molar-refractivity contribution >= 4 is 40.5 Å². The summed E-state index contributed by atoms with van der Waals surface area (Å²) in [4.78, 5) is 38.4. The first-order valence-corrected chi connectivity index (χ1v) is 11.5. The number of piperidine rings is 1. The summed E-state index contributed by atoms with van der Waals surface area (Å²) in [5.41, 5.74) is 1.52. The van der Waals surface area contributed by atoms with Gasteiger partial charge in [-0.1, -0.05) is 32.4 Å². The van der Waals surface area contributed by atoms with E-state index in [9.17, 15) is 19.7 Å². The molecule has 33 heavy (non-hydrogen) atoms. The van der Waals surface area contributed by atoms with Crippen LogP contribution in [0.15, 0.2) is 36.4 Å². The van der Waals surface area contributed by atoms with Crippen LogP contribution in [0.1, 0.15) is 54.3 Å². The van der Waals surface area contributed by atoms with Gasteiger partial charge in [-0.2, -0.15) is 0 Å². The van der Waals surface area contributed by atoms with E-state index in [2.05, 4.69) is 22.5 Å². The van der Waals surface area contributed by atoms with E-state index in [1.54, 1.807) is 12.1 Å². The Hall–Kier alpha value is -3.13. The smallest absolute Gasteiger partial charge is 0.288 e. The molecule has 1 aliphatic heterocycles. The number of nitro groups is 1. The molecule has 176 valence electrons. The lowest BCUT2D eigenvalue weighted by Gasteiger charge is -2.33. The van der Waals surface area contributed by atoms with Crippen molar-refractivity contribution in [2.24, 2.45) is 11.8 Å². The lowest BCUT2D eigenvalue weighted by Crippen LogP contribution is -2.35. The Morgan fingerprint density at radius 3 is 2.48 bits per heavy atom. The maximum absolute atomic E-state index is 13.0. The van der Waals surface area contributed by atoms with Gasteiger partial charge in [0.1, 0.15) is 5.02 Å². The molecular formula is C24H29ClN4O4. The first-order valence-electron chi connectivity index (χ1n) is 11.1. The first-order chi connectivity index (χ1) is 15.7. The van der Waals surface area contributed by atoms with Gasteiger partial charge in [-0.05, 0) is 55.0 Å². The van der Waals surface area contributed by atoms with Gasteiger partial charge in [-0.3, -0.25) is 19.7 Å². The van der Waals surface area contributed by atoms with Gasteiger partial charge in [0.15, 0.2) is 0 Å². The predicted octanol–water partition coefficient (Wildman–Crippen LogP) is 5.12. The zero-order chi connectivity index (χ0) is 24.1. The molecule has 9 heteroatoms. The summed E-state index contributed by atoms with van der Waals surface area (Å²) in [5, 5.41) is 16.8. The molecule has 0 bridgehead atoms. The van der Waals surface area contributed by atoms with Crippen LogP contribution in [0.5, 0.6) is 0 Å². The highest BCUT2D eigenvalue weighted by atomic mass is 35.5. The summed E-state index contributed by atoms with van der Waals surface area (Å²) < 4.78 is 0. The Morgan fingerprint density at radius 2 is 1.85 bits per heavy atom. The van der Waals surface area contributed by atoms with E-state index in [4.69, 9.17) is 11.6 Å². The van der Waals surface area contributed by atoms with Crippen LogP contribution < -0.4 is 15.5 Å². The van der Waals surface area contributed by atoms with Crippen molar-refractivity contribution in [3.8, 4) is 0 Å². The zero-order valence-corrected chi connectivity index (χ0v) is 19.8. The summed E-state index contributed by atoms with van der Waals surface area (Å²) in [6, 6.07) is 9.13. The molecule has 1 aliphatic rings. The van der Waals surface area contributed by atoms with Gasteiger partial charge >= 0.3 is 0 Å². The van der Waals surface area contributed by atoms with Crippen LogP contribution >= 0.6 is 11.6 Å². The minimum atomic E-state index is -0.634. The Bertz CT molecular complexity index is 1050. The van der Waals surface area contributed by atoms with E-state index in [1.807, 2.05) is 19.9 Å². The fourth-order valence-corrected chi connectivity index (χ4v) is 3.90. The molecule has 2 aromatic rings. The maximum atomic E-state index is 13.0. The number of nitrogens with zero attached hydrogens (tertiary/aromatic N) is 2. The number of halogens is 1. The molecule has 0 spiro atoms. The monoisotopic (exact) mass is 472 g/mol.